The highest BCUT2D eigenvalue weighted by Gasteiger charge is 2.30. The van der Waals surface area contributed by atoms with Gasteiger partial charge in [-0.3, -0.25) is 24.6 Å². The third-order valence-electron chi connectivity index (χ3n) is 4.84. The molecule has 3 heterocycles. The number of rotatable bonds is 4. The summed E-state index contributed by atoms with van der Waals surface area (Å²) in [4.78, 5) is 41.8. The molecule has 4 aromatic rings. The van der Waals surface area contributed by atoms with E-state index in [4.69, 9.17) is 4.42 Å². The van der Waals surface area contributed by atoms with Gasteiger partial charge in [0.05, 0.1) is 5.69 Å². The number of benzene rings is 2. The zero-order chi connectivity index (χ0) is 20.7. The molecule has 1 saturated heterocycles. The van der Waals surface area contributed by atoms with Gasteiger partial charge < -0.3 is 4.42 Å². The topological polar surface area (TPSA) is 92.5 Å². The summed E-state index contributed by atoms with van der Waals surface area (Å²) >= 11 is 1.30. The fourth-order valence-electron chi connectivity index (χ4n) is 3.35. The second kappa shape index (κ2) is 7.23. The van der Waals surface area contributed by atoms with Crippen LogP contribution >= 0.6 is 11.3 Å². The van der Waals surface area contributed by atoms with Gasteiger partial charge in [0.2, 0.25) is 11.8 Å². The lowest BCUT2D eigenvalue weighted by Crippen LogP contribution is -2.28. The molecule has 2 aromatic carbocycles. The van der Waals surface area contributed by atoms with Crippen LogP contribution in [-0.4, -0.2) is 22.7 Å². The van der Waals surface area contributed by atoms with Gasteiger partial charge in [0, 0.05) is 29.2 Å². The van der Waals surface area contributed by atoms with Crippen molar-refractivity contribution in [1.29, 1.82) is 0 Å². The summed E-state index contributed by atoms with van der Waals surface area (Å²) < 4.78 is 5.81. The first-order valence-electron chi connectivity index (χ1n) is 9.30. The number of para-hydroxylation sites is 1. The van der Waals surface area contributed by atoms with Gasteiger partial charge in [0.15, 0.2) is 10.9 Å². The van der Waals surface area contributed by atoms with Crippen molar-refractivity contribution in [2.75, 3.05) is 10.2 Å². The van der Waals surface area contributed by atoms with E-state index in [1.54, 1.807) is 24.3 Å². The van der Waals surface area contributed by atoms with Gasteiger partial charge in [0.25, 0.3) is 5.91 Å². The van der Waals surface area contributed by atoms with E-state index in [9.17, 15) is 14.4 Å². The number of fused-ring (bicyclic) bond motifs is 1. The number of carbonyl (C=O) groups is 3. The van der Waals surface area contributed by atoms with Gasteiger partial charge in [-0.15, -0.1) is 11.3 Å². The largest absolute Gasteiger partial charge is 0.454 e. The van der Waals surface area contributed by atoms with Crippen LogP contribution in [0.1, 0.15) is 23.2 Å². The fraction of sp³-hybridized carbons (Fsp3) is 0.0909. The first-order chi connectivity index (χ1) is 14.6. The Labute approximate surface area is 174 Å². The van der Waals surface area contributed by atoms with Gasteiger partial charge in [0.1, 0.15) is 11.3 Å². The number of imide groups is 1. The van der Waals surface area contributed by atoms with Gasteiger partial charge in [-0.25, -0.2) is 4.98 Å². The number of nitrogens with zero attached hydrogens (tertiary/aromatic N) is 2. The predicted molar refractivity (Wildman–Crippen MR) is 113 cm³/mol. The van der Waals surface area contributed by atoms with E-state index in [-0.39, 0.29) is 30.6 Å². The number of amides is 3. The van der Waals surface area contributed by atoms with Crippen LogP contribution in [0.5, 0.6) is 0 Å². The highest BCUT2D eigenvalue weighted by molar-refractivity contribution is 7.14. The Kier molecular flexibility index (Phi) is 4.40. The van der Waals surface area contributed by atoms with Crippen LogP contribution in [0.2, 0.25) is 0 Å². The van der Waals surface area contributed by atoms with Crippen molar-refractivity contribution < 1.29 is 18.8 Å². The number of hydrogen-bond donors (Lipinski definition) is 1. The molecule has 7 nitrogen and oxygen atoms in total. The van der Waals surface area contributed by atoms with E-state index in [1.807, 2.05) is 35.7 Å². The molecule has 1 N–H and O–H groups in total. The van der Waals surface area contributed by atoms with Crippen molar-refractivity contribution in [3.63, 3.8) is 0 Å². The number of thiazole rings is 1. The number of nitrogens with one attached hydrogen (secondary N) is 1. The van der Waals surface area contributed by atoms with Crippen molar-refractivity contribution in [3.8, 4) is 11.5 Å². The lowest BCUT2D eigenvalue weighted by atomic mass is 10.2. The molecule has 2 aromatic heterocycles. The predicted octanol–water partition coefficient (Wildman–Crippen LogP) is 4.46. The maximum Gasteiger partial charge on any atom is 0.257 e. The Morgan fingerprint density at radius 2 is 1.77 bits per heavy atom. The van der Waals surface area contributed by atoms with Crippen LogP contribution in [0.15, 0.2) is 64.4 Å². The van der Waals surface area contributed by atoms with Crippen molar-refractivity contribution in [2.24, 2.45) is 0 Å². The molecule has 3 amide bonds. The lowest BCUT2D eigenvalue weighted by molar-refractivity contribution is -0.121. The summed E-state index contributed by atoms with van der Waals surface area (Å²) in [6, 6.07) is 16.0. The van der Waals surface area contributed by atoms with E-state index < -0.39 is 0 Å². The SMILES string of the molecule is O=C(Nc1nc(-c2cc3ccccc3o2)cs1)c1ccc(N2C(=O)CCC2=O)cc1. The molecule has 0 aliphatic carbocycles. The third kappa shape index (κ3) is 3.27. The molecule has 1 fully saturated rings. The third-order valence-corrected chi connectivity index (χ3v) is 5.60. The molecule has 0 spiro atoms. The molecule has 1 aliphatic heterocycles. The van der Waals surface area contributed by atoms with Gasteiger partial charge in [-0.05, 0) is 36.4 Å². The summed E-state index contributed by atoms with van der Waals surface area (Å²) in [5, 5.41) is 6.02. The minimum absolute atomic E-state index is 0.221. The molecule has 1 aliphatic rings. The summed E-state index contributed by atoms with van der Waals surface area (Å²) in [5.41, 5.74) is 2.30. The summed E-state index contributed by atoms with van der Waals surface area (Å²) in [7, 11) is 0. The Morgan fingerprint density at radius 3 is 2.50 bits per heavy atom. The normalized spacial score (nSPS) is 13.9. The molecule has 148 valence electrons. The van der Waals surface area contributed by atoms with E-state index in [1.165, 1.54) is 11.3 Å². The van der Waals surface area contributed by atoms with Crippen LogP contribution in [0.3, 0.4) is 0 Å². The molecule has 30 heavy (non-hydrogen) atoms. The molecular weight excluding hydrogens is 402 g/mol. The van der Waals surface area contributed by atoms with E-state index >= 15 is 0 Å². The molecule has 0 radical (unpaired) electrons. The standard InChI is InChI=1S/C22H15N3O4S/c26-19-9-10-20(27)25(19)15-7-5-13(6-8-15)21(28)24-22-23-16(12-30-22)18-11-14-3-1-2-4-17(14)29-18/h1-8,11-12H,9-10H2,(H,23,24,28). The van der Waals surface area contributed by atoms with E-state index in [0.29, 0.717) is 27.8 Å². The quantitative estimate of drug-likeness (QED) is 0.495. The summed E-state index contributed by atoms with van der Waals surface area (Å²) in [5.74, 6) is -0.139. The monoisotopic (exact) mass is 417 g/mol. The molecule has 0 atom stereocenters. The highest BCUT2D eigenvalue weighted by Crippen LogP contribution is 2.30. The zero-order valence-corrected chi connectivity index (χ0v) is 16.4. The molecule has 8 heteroatoms. The molecule has 0 unspecified atom stereocenters. The second-order valence-electron chi connectivity index (χ2n) is 6.81. The number of aromatic nitrogens is 1. The second-order valence-corrected chi connectivity index (χ2v) is 7.67. The zero-order valence-electron chi connectivity index (χ0n) is 15.6. The van der Waals surface area contributed by atoms with Crippen LogP contribution in [-0.2, 0) is 9.59 Å². The van der Waals surface area contributed by atoms with Crippen LogP contribution in [0.4, 0.5) is 10.8 Å². The Morgan fingerprint density at radius 1 is 1.03 bits per heavy atom. The smallest absolute Gasteiger partial charge is 0.257 e. The Bertz CT molecular complexity index is 1240. The summed E-state index contributed by atoms with van der Waals surface area (Å²) in [6.07, 6.45) is 0.442. The Balaban J connectivity index is 1.31. The number of hydrogen-bond acceptors (Lipinski definition) is 6. The van der Waals surface area contributed by atoms with Crippen LogP contribution in [0, 0.1) is 0 Å². The lowest BCUT2D eigenvalue weighted by Gasteiger charge is -2.13. The van der Waals surface area contributed by atoms with Crippen LogP contribution < -0.4 is 10.2 Å². The van der Waals surface area contributed by atoms with Crippen molar-refractivity contribution in [3.05, 3.63) is 65.5 Å². The average molecular weight is 417 g/mol. The van der Waals surface area contributed by atoms with Gasteiger partial charge in [-0.2, -0.15) is 0 Å². The molecule has 5 rings (SSSR count). The first kappa shape index (κ1) is 18.3. The average Bonchev–Trinajstić information content (AvgIpc) is 3.46. The number of furan rings is 1. The molecule has 0 saturated carbocycles. The molecule has 0 bridgehead atoms. The first-order valence-corrected chi connectivity index (χ1v) is 10.2. The Hall–Kier alpha value is -3.78. The van der Waals surface area contributed by atoms with E-state index in [0.717, 1.165) is 15.9 Å². The van der Waals surface area contributed by atoms with E-state index in [2.05, 4.69) is 10.3 Å². The highest BCUT2D eigenvalue weighted by atomic mass is 32.1. The van der Waals surface area contributed by atoms with Gasteiger partial charge >= 0.3 is 0 Å². The minimum Gasteiger partial charge on any atom is -0.454 e. The molecular formula is C22H15N3O4S. The number of carbonyl (C=O) groups excluding carboxylic acids is 3. The van der Waals surface area contributed by atoms with Crippen molar-refractivity contribution in [1.82, 2.24) is 4.98 Å². The number of anilines is 2. The maximum absolute atomic E-state index is 12.5. The maximum atomic E-state index is 12.5. The van der Waals surface area contributed by atoms with Crippen molar-refractivity contribution >= 4 is 50.8 Å². The fourth-order valence-corrected chi connectivity index (χ4v) is 4.04. The summed E-state index contributed by atoms with van der Waals surface area (Å²) in [6.45, 7) is 0. The van der Waals surface area contributed by atoms with Gasteiger partial charge in [-0.1, -0.05) is 18.2 Å². The van der Waals surface area contributed by atoms with Crippen LogP contribution in [0.25, 0.3) is 22.4 Å². The minimum atomic E-state index is -0.328. The van der Waals surface area contributed by atoms with Crippen molar-refractivity contribution in [2.45, 2.75) is 12.8 Å².